The lowest BCUT2D eigenvalue weighted by molar-refractivity contribution is -0.140. The van der Waals surface area contributed by atoms with Crippen molar-refractivity contribution in [3.63, 3.8) is 0 Å². The van der Waals surface area contributed by atoms with Crippen molar-refractivity contribution in [3.05, 3.63) is 23.7 Å². The largest absolute Gasteiger partial charge is 0.480 e. The average Bonchev–Trinajstić information content (AvgIpc) is 2.72. The second-order valence-electron chi connectivity index (χ2n) is 4.85. The first kappa shape index (κ1) is 15.1. The number of aryl methyl sites for hydroxylation is 1. The highest BCUT2D eigenvalue weighted by atomic mass is 16.4. The van der Waals surface area contributed by atoms with Crippen LogP contribution in [0.5, 0.6) is 0 Å². The van der Waals surface area contributed by atoms with Gasteiger partial charge in [-0.1, -0.05) is 13.8 Å². The summed E-state index contributed by atoms with van der Waals surface area (Å²) in [5, 5.41) is 14.1. The van der Waals surface area contributed by atoms with Crippen molar-refractivity contribution in [2.75, 3.05) is 0 Å². The van der Waals surface area contributed by atoms with Gasteiger partial charge in [0.05, 0.1) is 6.04 Å². The van der Waals surface area contributed by atoms with Crippen molar-refractivity contribution >= 4 is 12.0 Å². The molecular weight excluding hydrogens is 248 g/mol. The Balaban J connectivity index is 2.57. The topological polar surface area (TPSA) is 91.6 Å². The number of rotatable bonds is 5. The first-order valence-electron chi connectivity index (χ1n) is 6.17. The quantitative estimate of drug-likeness (QED) is 0.762. The summed E-state index contributed by atoms with van der Waals surface area (Å²) in [5.41, 5.74) is 0. The Morgan fingerprint density at radius 1 is 1.21 bits per heavy atom. The molecule has 1 unspecified atom stereocenters. The molecule has 2 atom stereocenters. The maximum absolute atomic E-state index is 11.7. The molecule has 19 heavy (non-hydrogen) atoms. The van der Waals surface area contributed by atoms with Crippen LogP contribution in [0, 0.1) is 12.8 Å². The minimum absolute atomic E-state index is 0.190. The molecule has 3 N–H and O–H groups in total. The first-order chi connectivity index (χ1) is 8.81. The molecule has 1 heterocycles. The predicted molar refractivity (Wildman–Crippen MR) is 69.8 cm³/mol. The Labute approximate surface area is 112 Å². The Bertz CT molecular complexity index is 453. The third kappa shape index (κ3) is 4.31. The summed E-state index contributed by atoms with van der Waals surface area (Å²) in [6, 6.07) is 1.82. The van der Waals surface area contributed by atoms with Crippen molar-refractivity contribution < 1.29 is 19.1 Å². The lowest BCUT2D eigenvalue weighted by Gasteiger charge is -2.19. The van der Waals surface area contributed by atoms with Crippen molar-refractivity contribution in [1.29, 1.82) is 0 Å². The molecule has 0 saturated heterocycles. The molecule has 6 nitrogen and oxygen atoms in total. The lowest BCUT2D eigenvalue weighted by atomic mass is 10.1. The molecule has 106 valence electrons. The number of hydrogen-bond donors (Lipinski definition) is 3. The fraction of sp³-hybridized carbons (Fsp3) is 0.538. The van der Waals surface area contributed by atoms with E-state index in [0.29, 0.717) is 5.76 Å². The Hall–Kier alpha value is -1.98. The summed E-state index contributed by atoms with van der Waals surface area (Å²) in [5.74, 6) is 0.148. The van der Waals surface area contributed by atoms with E-state index in [9.17, 15) is 9.59 Å². The zero-order valence-electron chi connectivity index (χ0n) is 11.6. The highest BCUT2D eigenvalue weighted by molar-refractivity contribution is 5.82. The summed E-state index contributed by atoms with van der Waals surface area (Å²) >= 11 is 0. The van der Waals surface area contributed by atoms with Crippen molar-refractivity contribution in [2.45, 2.75) is 39.8 Å². The molecule has 2 amide bonds. The minimum atomic E-state index is -1.05. The number of urea groups is 1. The zero-order chi connectivity index (χ0) is 14.6. The fourth-order valence-electron chi connectivity index (χ4n) is 1.65. The van der Waals surface area contributed by atoms with Gasteiger partial charge >= 0.3 is 12.0 Å². The van der Waals surface area contributed by atoms with Crippen LogP contribution in [0.3, 0.4) is 0 Å². The monoisotopic (exact) mass is 268 g/mol. The summed E-state index contributed by atoms with van der Waals surface area (Å²) in [7, 11) is 0. The summed E-state index contributed by atoms with van der Waals surface area (Å²) in [6.07, 6.45) is 0. The third-order valence-electron chi connectivity index (χ3n) is 2.75. The number of carbonyl (C=O) groups excluding carboxylic acids is 1. The van der Waals surface area contributed by atoms with Crippen molar-refractivity contribution in [1.82, 2.24) is 10.6 Å². The fourth-order valence-corrected chi connectivity index (χ4v) is 1.65. The van der Waals surface area contributed by atoms with Gasteiger partial charge in [-0.15, -0.1) is 0 Å². The summed E-state index contributed by atoms with van der Waals surface area (Å²) in [6.45, 7) is 7.05. The molecule has 0 radical (unpaired) electrons. The van der Waals surface area contributed by atoms with Gasteiger partial charge in [0.25, 0.3) is 0 Å². The lowest BCUT2D eigenvalue weighted by Crippen LogP contribution is -2.49. The van der Waals surface area contributed by atoms with E-state index in [-0.39, 0.29) is 12.0 Å². The Morgan fingerprint density at radius 3 is 2.26 bits per heavy atom. The van der Waals surface area contributed by atoms with E-state index in [1.165, 1.54) is 0 Å². The van der Waals surface area contributed by atoms with Gasteiger partial charge in [0.1, 0.15) is 17.6 Å². The molecular formula is C13H20N2O4. The van der Waals surface area contributed by atoms with Crippen LogP contribution >= 0.6 is 0 Å². The molecule has 1 aromatic heterocycles. The van der Waals surface area contributed by atoms with Crippen LogP contribution in [0.1, 0.15) is 38.3 Å². The first-order valence-corrected chi connectivity index (χ1v) is 6.17. The number of aliphatic carboxylic acids is 1. The smallest absolute Gasteiger partial charge is 0.326 e. The van der Waals surface area contributed by atoms with Crippen LogP contribution in [-0.2, 0) is 4.79 Å². The SMILES string of the molecule is Cc1ccc(C(C)NC(=O)N[C@@H](C(=O)O)C(C)C)o1. The van der Waals surface area contributed by atoms with E-state index >= 15 is 0 Å². The number of amides is 2. The number of nitrogens with one attached hydrogen (secondary N) is 2. The van der Waals surface area contributed by atoms with Gasteiger partial charge in [0.15, 0.2) is 0 Å². The molecule has 1 aromatic rings. The van der Waals surface area contributed by atoms with Gasteiger partial charge in [-0.25, -0.2) is 9.59 Å². The summed E-state index contributed by atoms with van der Waals surface area (Å²) in [4.78, 5) is 22.7. The van der Waals surface area contributed by atoms with Gasteiger partial charge in [0.2, 0.25) is 0 Å². The van der Waals surface area contributed by atoms with Crippen LogP contribution in [0.2, 0.25) is 0 Å². The third-order valence-corrected chi connectivity index (χ3v) is 2.75. The average molecular weight is 268 g/mol. The molecule has 0 aromatic carbocycles. The number of hydrogen-bond acceptors (Lipinski definition) is 3. The van der Waals surface area contributed by atoms with Crippen LogP contribution < -0.4 is 10.6 Å². The van der Waals surface area contributed by atoms with Crippen LogP contribution in [-0.4, -0.2) is 23.1 Å². The van der Waals surface area contributed by atoms with Crippen molar-refractivity contribution in [3.8, 4) is 0 Å². The molecule has 0 aliphatic carbocycles. The molecule has 6 heteroatoms. The van der Waals surface area contributed by atoms with E-state index in [4.69, 9.17) is 9.52 Å². The molecule has 0 aliphatic heterocycles. The number of carbonyl (C=O) groups is 2. The molecule has 1 rings (SSSR count). The predicted octanol–water partition coefficient (Wildman–Crippen LogP) is 2.06. The second kappa shape index (κ2) is 6.26. The number of furan rings is 1. The number of carboxylic acid groups (broad SMARTS) is 1. The normalized spacial score (nSPS) is 13.9. The maximum Gasteiger partial charge on any atom is 0.326 e. The maximum atomic E-state index is 11.7. The second-order valence-corrected chi connectivity index (χ2v) is 4.85. The molecule has 0 aliphatic rings. The van der Waals surface area contributed by atoms with Gasteiger partial charge in [-0.3, -0.25) is 0 Å². The standard InChI is InChI=1S/C13H20N2O4/c1-7(2)11(12(16)17)15-13(18)14-9(4)10-6-5-8(3)19-10/h5-7,9,11H,1-4H3,(H,16,17)(H2,14,15,18)/t9?,11-/m1/s1. The van der Waals surface area contributed by atoms with E-state index < -0.39 is 18.0 Å². The van der Waals surface area contributed by atoms with E-state index in [0.717, 1.165) is 5.76 Å². The Morgan fingerprint density at radius 2 is 1.84 bits per heavy atom. The van der Waals surface area contributed by atoms with Crippen LogP contribution in [0.15, 0.2) is 16.5 Å². The van der Waals surface area contributed by atoms with Crippen molar-refractivity contribution in [2.24, 2.45) is 5.92 Å². The molecule has 0 bridgehead atoms. The highest BCUT2D eigenvalue weighted by Crippen LogP contribution is 2.15. The van der Waals surface area contributed by atoms with E-state index in [1.807, 2.05) is 6.92 Å². The number of carboxylic acids is 1. The van der Waals surface area contributed by atoms with Gasteiger partial charge < -0.3 is 20.2 Å². The highest BCUT2D eigenvalue weighted by Gasteiger charge is 2.24. The zero-order valence-corrected chi connectivity index (χ0v) is 11.6. The molecule has 0 spiro atoms. The molecule has 0 fully saturated rings. The van der Waals surface area contributed by atoms with Gasteiger partial charge in [-0.05, 0) is 31.9 Å². The minimum Gasteiger partial charge on any atom is -0.480 e. The Kier molecular flexibility index (Phi) is 4.97. The summed E-state index contributed by atoms with van der Waals surface area (Å²) < 4.78 is 5.39. The van der Waals surface area contributed by atoms with Crippen LogP contribution in [0.25, 0.3) is 0 Å². The molecule has 0 saturated carbocycles. The van der Waals surface area contributed by atoms with Gasteiger partial charge in [-0.2, -0.15) is 0 Å². The van der Waals surface area contributed by atoms with E-state index in [2.05, 4.69) is 10.6 Å². The van der Waals surface area contributed by atoms with Crippen LogP contribution in [0.4, 0.5) is 4.79 Å². The van der Waals surface area contributed by atoms with E-state index in [1.54, 1.807) is 32.9 Å². The van der Waals surface area contributed by atoms with Gasteiger partial charge in [0, 0.05) is 0 Å².